The molecule has 492 valence electrons. The van der Waals surface area contributed by atoms with Gasteiger partial charge in [0.1, 0.15) is 48.5 Å². The van der Waals surface area contributed by atoms with E-state index in [-0.39, 0.29) is 36.9 Å². The van der Waals surface area contributed by atoms with Gasteiger partial charge in [-0.3, -0.25) is 57.6 Å². The maximum Gasteiger partial charge on any atom is 0.333 e. The van der Waals surface area contributed by atoms with Crippen LogP contribution in [0.25, 0.3) is 11.1 Å². The number of aliphatic hydroxyl groups excluding tert-OH is 1. The summed E-state index contributed by atoms with van der Waals surface area (Å²) in [7, 11) is 1.66. The first kappa shape index (κ1) is 73.3. The highest BCUT2D eigenvalue weighted by atomic mass is 19.1. The largest absolute Gasteiger partial charge is 0.481 e. The van der Waals surface area contributed by atoms with Crippen LogP contribution >= 0.6 is 0 Å². The van der Waals surface area contributed by atoms with E-state index in [9.17, 15) is 76.9 Å². The van der Waals surface area contributed by atoms with Gasteiger partial charge in [0, 0.05) is 74.8 Å². The summed E-state index contributed by atoms with van der Waals surface area (Å²) in [5.41, 5.74) is 5.82. The molecule has 1 fully saturated rings. The summed E-state index contributed by atoms with van der Waals surface area (Å²) in [5, 5.41) is 44.0. The second-order valence-corrected chi connectivity index (χ2v) is 22.9. The molecule has 7 atom stereocenters. The van der Waals surface area contributed by atoms with E-state index >= 15 is 4.39 Å². The molecule has 28 nitrogen and oxygen atoms in total. The van der Waals surface area contributed by atoms with E-state index in [2.05, 4.69) is 31.9 Å². The fraction of sp³-hybridized carbons (Fsp3) is 0.517. The topological polar surface area (TPSA) is 405 Å². The van der Waals surface area contributed by atoms with Crippen molar-refractivity contribution >= 4 is 77.0 Å². The Morgan fingerprint density at radius 3 is 1.93 bits per heavy atom. The van der Waals surface area contributed by atoms with Crippen molar-refractivity contribution in [2.24, 2.45) is 11.1 Å². The van der Waals surface area contributed by atoms with Crippen LogP contribution in [0.2, 0.25) is 0 Å². The molecule has 30 heteroatoms. The van der Waals surface area contributed by atoms with E-state index in [0.717, 1.165) is 23.8 Å². The van der Waals surface area contributed by atoms with Crippen LogP contribution in [0.3, 0.4) is 0 Å². The number of nitrogens with one attached hydrogen (secondary N) is 6. The predicted molar refractivity (Wildman–Crippen MR) is 316 cm³/mol. The Morgan fingerprint density at radius 1 is 0.711 bits per heavy atom. The number of unbranched alkanes of at least 4 members (excludes halogenated alkanes) is 2. The Kier molecular flexibility index (Phi) is 28.1. The van der Waals surface area contributed by atoms with Crippen LogP contribution in [-0.4, -0.2) is 181 Å². The number of imide groups is 1. The Balaban J connectivity index is 1.54. The van der Waals surface area contributed by atoms with Gasteiger partial charge in [-0.15, -0.1) is 5.06 Å². The van der Waals surface area contributed by atoms with E-state index in [1.165, 1.54) is 18.7 Å². The monoisotopic (exact) mass is 1270 g/mol. The first-order valence-electron chi connectivity index (χ1n) is 29.2. The molecule has 2 aromatic carbocycles. The number of hydroxylamine groups is 2. The van der Waals surface area contributed by atoms with Crippen LogP contribution in [0.4, 0.5) is 8.78 Å². The number of aliphatic carboxylic acids is 2. The lowest BCUT2D eigenvalue weighted by Gasteiger charge is -2.41. The minimum absolute atomic E-state index is 0.0321. The highest BCUT2D eigenvalue weighted by Gasteiger charge is 2.39. The van der Waals surface area contributed by atoms with Gasteiger partial charge in [-0.05, 0) is 95.3 Å². The normalized spacial score (nSPS) is 14.6. The molecule has 10 amide bonds. The van der Waals surface area contributed by atoms with Crippen molar-refractivity contribution in [2.45, 2.75) is 161 Å². The average Bonchev–Trinajstić information content (AvgIpc) is 1.67. The molecule has 11 N–H and O–H groups in total. The zero-order valence-corrected chi connectivity index (χ0v) is 51.3. The number of hydrogen-bond donors (Lipinski definition) is 10. The number of nitrogens with two attached hydrogens (primary N) is 1. The van der Waals surface area contributed by atoms with Gasteiger partial charge in [0.2, 0.25) is 47.3 Å². The Morgan fingerprint density at radius 2 is 1.33 bits per heavy atom. The van der Waals surface area contributed by atoms with Crippen LogP contribution in [0.15, 0.2) is 60.8 Å². The van der Waals surface area contributed by atoms with Gasteiger partial charge in [-0.25, -0.2) is 18.4 Å². The molecule has 4 rings (SSSR count). The first-order chi connectivity index (χ1) is 42.3. The maximum atomic E-state index is 15.5. The number of hydrogen-bond acceptors (Lipinski definition) is 16. The van der Waals surface area contributed by atoms with Gasteiger partial charge in [-0.1, -0.05) is 57.5 Å². The molecule has 0 aliphatic carbocycles. The maximum absolute atomic E-state index is 15.5. The molecule has 0 radical (unpaired) electrons. The van der Waals surface area contributed by atoms with Gasteiger partial charge in [-0.2, -0.15) is 0 Å². The minimum Gasteiger partial charge on any atom is -0.481 e. The van der Waals surface area contributed by atoms with Crippen LogP contribution in [-0.2, 0) is 73.7 Å². The molecule has 0 spiro atoms. The second kappa shape index (κ2) is 34.5. The van der Waals surface area contributed by atoms with Crippen molar-refractivity contribution in [3.05, 3.63) is 83.7 Å². The van der Waals surface area contributed by atoms with Gasteiger partial charge in [0.15, 0.2) is 0 Å². The summed E-state index contributed by atoms with van der Waals surface area (Å²) in [6.45, 7) is 7.92. The Hall–Kier alpha value is -9.19. The van der Waals surface area contributed by atoms with Gasteiger partial charge < -0.3 is 67.3 Å². The first-order valence-corrected chi connectivity index (χ1v) is 29.2. The number of carboxylic acids is 2. The third-order valence-corrected chi connectivity index (χ3v) is 14.6. The Bertz CT molecular complexity index is 3090. The highest BCUT2D eigenvalue weighted by molar-refractivity contribution is 6.01. The minimum atomic E-state index is -1.84. The van der Waals surface area contributed by atoms with Crippen molar-refractivity contribution in [3.8, 4) is 11.1 Å². The predicted octanol–water partition coefficient (Wildman–Crippen LogP) is 1.06. The van der Waals surface area contributed by atoms with E-state index in [1.807, 2.05) is 12.1 Å². The molecule has 1 aliphatic rings. The molecule has 3 aromatic rings. The van der Waals surface area contributed by atoms with Crippen LogP contribution in [0, 0.1) is 17.0 Å². The van der Waals surface area contributed by atoms with Crippen molar-refractivity contribution in [1.29, 1.82) is 0 Å². The van der Waals surface area contributed by atoms with Crippen LogP contribution in [0.5, 0.6) is 0 Å². The highest BCUT2D eigenvalue weighted by Crippen LogP contribution is 2.41. The number of carboxylic acid groups (broad SMARTS) is 2. The number of aliphatic hydroxyl groups is 1. The molecule has 90 heavy (non-hydrogen) atoms. The molecule has 1 aromatic heterocycles. The number of carbonyl (C=O) groups excluding carboxylic acids is 11. The number of halogens is 2. The third kappa shape index (κ3) is 22.8. The number of likely N-dealkylation sites (N-methyl/N-ethyl adjacent to an activating group) is 1. The summed E-state index contributed by atoms with van der Waals surface area (Å²) in [5.74, 6) is -13.8. The van der Waals surface area contributed by atoms with E-state index in [4.69, 9.17) is 15.7 Å². The number of aromatic nitrogens is 1. The fourth-order valence-corrected chi connectivity index (χ4v) is 9.64. The van der Waals surface area contributed by atoms with Crippen molar-refractivity contribution in [2.75, 3.05) is 33.3 Å². The zero-order valence-electron chi connectivity index (χ0n) is 51.3. The zero-order chi connectivity index (χ0) is 67.2. The number of primary amides is 1. The average molecular weight is 1270 g/mol. The molecule has 2 heterocycles. The lowest BCUT2D eigenvalue weighted by atomic mass is 9.82. The summed E-state index contributed by atoms with van der Waals surface area (Å²) in [6, 6.07) is 3.83. The molecular formula is C60H81F2N11O17. The SMILES string of the molecule is C[C@H](NC(=O)[C@H](C)NC(=O)[C@H](C)N(C)CCCCCC(=O)ON1C(=O)CCC1=O)C(=O)N[C@@H](CC(N)=O)C(=O)N[C@@H](CCN(C(=O)CO)[C@@H](c1cc(-c2cc(F)ccc2F)cn1Cc1ccccc1)C(C)(C)C)C(=O)NCCC(=O)N[C@@H](CCC(=O)O)C(=O)O. The van der Waals surface area contributed by atoms with Gasteiger partial charge in [0.05, 0.1) is 18.5 Å². The summed E-state index contributed by atoms with van der Waals surface area (Å²) in [4.78, 5) is 175. The number of rotatable bonds is 36. The smallest absolute Gasteiger partial charge is 0.333 e. The summed E-state index contributed by atoms with van der Waals surface area (Å²) >= 11 is 0. The summed E-state index contributed by atoms with van der Waals surface area (Å²) in [6.07, 6.45) is -0.117. The second-order valence-electron chi connectivity index (χ2n) is 22.9. The molecule has 0 unspecified atom stereocenters. The lowest BCUT2D eigenvalue weighted by molar-refractivity contribution is -0.197. The van der Waals surface area contributed by atoms with E-state index in [1.54, 1.807) is 74.7 Å². The van der Waals surface area contributed by atoms with E-state index in [0.29, 0.717) is 36.6 Å². The molecular weight excluding hydrogens is 1180 g/mol. The van der Waals surface area contributed by atoms with Gasteiger partial charge in [0.25, 0.3) is 11.8 Å². The van der Waals surface area contributed by atoms with E-state index < -0.39 is 188 Å². The molecule has 1 saturated heterocycles. The number of carbonyl (C=O) groups is 13. The quantitative estimate of drug-likeness (QED) is 0.0287. The van der Waals surface area contributed by atoms with Crippen molar-refractivity contribution in [1.82, 2.24) is 51.3 Å². The molecule has 1 aliphatic heterocycles. The number of benzene rings is 2. The van der Waals surface area contributed by atoms with Crippen LogP contribution < -0.4 is 37.6 Å². The summed E-state index contributed by atoms with van der Waals surface area (Å²) < 4.78 is 31.8. The lowest BCUT2D eigenvalue weighted by Crippen LogP contribution is -2.58. The third-order valence-electron chi connectivity index (χ3n) is 14.6. The number of nitrogens with zero attached hydrogens (tertiary/aromatic N) is 4. The van der Waals surface area contributed by atoms with Crippen LogP contribution in [0.1, 0.15) is 129 Å². The molecule has 0 bridgehead atoms. The Labute approximate surface area is 518 Å². The number of amides is 10. The standard InChI is InChI=1S/C60H81F2N11O17/c1-34(66-56(85)36(3)70(7)26-13-9-12-16-52(82)90-73-48(77)20-21-49(73)78)54(83)65-35(2)55(84)69-44(30-46(63)75)58(87)68-42(57(86)64-25-23-47(76)67-43(59(88)89)19-22-51(80)81)24-27-72(50(79)33-74)53(60(4,5)6)45-28-38(40-29-39(61)17-18-41(40)62)32-71(45)31-37-14-10-8-11-15-37/h8,10-11,14-15,17-18,28-29,32,34-36,42-44,53,74H,9,12-13,16,19-27,30-31,33H2,1-7H3,(H2,63,75)(H,64,86)(H,65,83)(H,66,85)(H,67,76)(H,68,87)(H,69,84)(H,80,81)(H,88,89)/t34-,35-,36-,42-,43-,44-,53-/m0/s1. The van der Waals surface area contributed by atoms with Gasteiger partial charge >= 0.3 is 17.9 Å². The van der Waals surface area contributed by atoms with Crippen molar-refractivity contribution in [3.63, 3.8) is 0 Å². The fourth-order valence-electron chi connectivity index (χ4n) is 9.64. The van der Waals surface area contributed by atoms with Crippen molar-refractivity contribution < 1.29 is 91.3 Å². The molecule has 0 saturated carbocycles.